The van der Waals surface area contributed by atoms with Crippen molar-refractivity contribution in [3.63, 3.8) is 0 Å². The van der Waals surface area contributed by atoms with E-state index in [0.29, 0.717) is 23.9 Å². The summed E-state index contributed by atoms with van der Waals surface area (Å²) in [5.74, 6) is 1.69. The van der Waals surface area contributed by atoms with Crippen molar-refractivity contribution in [3.05, 3.63) is 94.5 Å². The van der Waals surface area contributed by atoms with Gasteiger partial charge in [0.15, 0.2) is 0 Å². The molecule has 3 aromatic carbocycles. The summed E-state index contributed by atoms with van der Waals surface area (Å²) in [6, 6.07) is 23.5. The van der Waals surface area contributed by atoms with Gasteiger partial charge in [0.1, 0.15) is 17.7 Å². The van der Waals surface area contributed by atoms with Crippen molar-refractivity contribution < 1.29 is 9.53 Å². The Morgan fingerprint density at radius 1 is 1.13 bits per heavy atom. The summed E-state index contributed by atoms with van der Waals surface area (Å²) in [5, 5.41) is 3.56. The Morgan fingerprint density at radius 3 is 2.77 bits per heavy atom. The number of halogens is 1. The molecule has 0 aromatic heterocycles. The lowest BCUT2D eigenvalue weighted by Gasteiger charge is -2.25. The van der Waals surface area contributed by atoms with Crippen LogP contribution < -0.4 is 10.1 Å². The highest BCUT2D eigenvalue weighted by molar-refractivity contribution is 7.99. The smallest absolute Gasteiger partial charge is 0.323 e. The first-order valence-electron chi connectivity index (χ1n) is 9.82. The average molecular weight is 439 g/mol. The van der Waals surface area contributed by atoms with Gasteiger partial charge in [-0.05, 0) is 47.9 Å². The van der Waals surface area contributed by atoms with Crippen LogP contribution in [0, 0.1) is 6.92 Å². The third-order valence-electron chi connectivity index (χ3n) is 4.97. The molecular weight excluding hydrogens is 416 g/mol. The molecule has 2 amide bonds. The minimum absolute atomic E-state index is 0.0498. The molecule has 0 bridgehead atoms. The van der Waals surface area contributed by atoms with Crippen LogP contribution in [-0.4, -0.2) is 23.2 Å². The molecule has 0 saturated carbocycles. The summed E-state index contributed by atoms with van der Waals surface area (Å²) in [6.45, 7) is 3.14. The molecule has 1 saturated heterocycles. The summed E-state index contributed by atoms with van der Waals surface area (Å²) in [7, 11) is 0. The van der Waals surface area contributed by atoms with E-state index in [1.54, 1.807) is 17.8 Å². The molecular formula is C24H23ClN2O2S. The van der Waals surface area contributed by atoms with Gasteiger partial charge in [0, 0.05) is 23.0 Å². The fourth-order valence-electron chi connectivity index (χ4n) is 3.32. The van der Waals surface area contributed by atoms with Gasteiger partial charge >= 0.3 is 6.03 Å². The fourth-order valence-corrected chi connectivity index (χ4v) is 4.74. The molecule has 1 aliphatic rings. The van der Waals surface area contributed by atoms with Crippen LogP contribution in [-0.2, 0) is 6.61 Å². The monoisotopic (exact) mass is 438 g/mol. The fraction of sp³-hybridized carbons (Fsp3) is 0.208. The first-order valence-corrected chi connectivity index (χ1v) is 11.2. The van der Waals surface area contributed by atoms with Crippen LogP contribution in [0.15, 0.2) is 72.8 Å². The quantitative estimate of drug-likeness (QED) is 0.493. The minimum atomic E-state index is -0.125. The summed E-state index contributed by atoms with van der Waals surface area (Å²) in [6.07, 6.45) is 0. The van der Waals surface area contributed by atoms with Crippen LogP contribution in [0.1, 0.15) is 22.1 Å². The number of nitrogens with one attached hydrogen (secondary N) is 1. The number of hydrogen-bond donors (Lipinski definition) is 1. The van der Waals surface area contributed by atoms with Crippen LogP contribution in [0.4, 0.5) is 10.5 Å². The second-order valence-corrected chi connectivity index (χ2v) is 8.75. The zero-order valence-electron chi connectivity index (χ0n) is 16.7. The number of aryl methyl sites for hydroxylation is 1. The molecule has 1 heterocycles. The molecule has 0 radical (unpaired) electrons. The van der Waals surface area contributed by atoms with Crippen molar-refractivity contribution in [2.75, 3.05) is 17.6 Å². The summed E-state index contributed by atoms with van der Waals surface area (Å²) >= 11 is 7.94. The molecule has 4 rings (SSSR count). The largest absolute Gasteiger partial charge is 0.489 e. The van der Waals surface area contributed by atoms with Gasteiger partial charge in [0.05, 0.1) is 0 Å². The number of hydrogen-bond acceptors (Lipinski definition) is 3. The molecule has 0 aliphatic carbocycles. The van der Waals surface area contributed by atoms with E-state index in [2.05, 4.69) is 5.32 Å². The Balaban J connectivity index is 1.44. The Morgan fingerprint density at radius 2 is 1.97 bits per heavy atom. The summed E-state index contributed by atoms with van der Waals surface area (Å²) < 4.78 is 5.97. The summed E-state index contributed by atoms with van der Waals surface area (Å²) in [4.78, 5) is 14.8. The minimum Gasteiger partial charge on any atom is -0.489 e. The second-order valence-electron chi connectivity index (χ2n) is 7.16. The van der Waals surface area contributed by atoms with E-state index in [0.717, 1.165) is 28.2 Å². The zero-order valence-corrected chi connectivity index (χ0v) is 18.2. The van der Waals surface area contributed by atoms with E-state index in [1.165, 1.54) is 0 Å². The molecule has 6 heteroatoms. The highest BCUT2D eigenvalue weighted by Crippen LogP contribution is 2.39. The second kappa shape index (κ2) is 9.45. The predicted molar refractivity (Wildman–Crippen MR) is 124 cm³/mol. The molecule has 1 aliphatic heterocycles. The number of nitrogens with zero attached hydrogens (tertiary/aromatic N) is 1. The average Bonchev–Trinajstić information content (AvgIpc) is 3.26. The Labute approximate surface area is 186 Å². The van der Waals surface area contributed by atoms with Gasteiger partial charge in [-0.25, -0.2) is 4.79 Å². The van der Waals surface area contributed by atoms with Crippen molar-refractivity contribution in [1.82, 2.24) is 4.90 Å². The first kappa shape index (κ1) is 20.6. The molecule has 30 heavy (non-hydrogen) atoms. The van der Waals surface area contributed by atoms with Crippen LogP contribution in [0.2, 0.25) is 5.02 Å². The van der Waals surface area contributed by atoms with Gasteiger partial charge in [-0.2, -0.15) is 0 Å². The SMILES string of the molecule is Cc1ccc(NC(=O)N2CCSC2c2cccc(OCc3ccccc3)c2)cc1Cl. The van der Waals surface area contributed by atoms with Crippen molar-refractivity contribution in [2.45, 2.75) is 18.9 Å². The van der Waals surface area contributed by atoms with Gasteiger partial charge in [-0.3, -0.25) is 0 Å². The van der Waals surface area contributed by atoms with Crippen molar-refractivity contribution in [2.24, 2.45) is 0 Å². The Kier molecular flexibility index (Phi) is 6.50. The number of carbonyl (C=O) groups is 1. The molecule has 1 N–H and O–H groups in total. The number of amides is 2. The van der Waals surface area contributed by atoms with Crippen molar-refractivity contribution in [3.8, 4) is 5.75 Å². The van der Waals surface area contributed by atoms with E-state index < -0.39 is 0 Å². The van der Waals surface area contributed by atoms with Gasteiger partial charge in [0.2, 0.25) is 0 Å². The van der Waals surface area contributed by atoms with Crippen LogP contribution >= 0.6 is 23.4 Å². The lowest BCUT2D eigenvalue weighted by atomic mass is 10.2. The maximum Gasteiger partial charge on any atom is 0.323 e. The van der Waals surface area contributed by atoms with E-state index in [4.69, 9.17) is 16.3 Å². The lowest BCUT2D eigenvalue weighted by molar-refractivity contribution is 0.214. The number of thioether (sulfide) groups is 1. The number of ether oxygens (including phenoxy) is 1. The van der Waals surface area contributed by atoms with Gasteiger partial charge in [-0.1, -0.05) is 60.1 Å². The van der Waals surface area contributed by atoms with Crippen molar-refractivity contribution >= 4 is 35.1 Å². The number of anilines is 1. The molecule has 1 unspecified atom stereocenters. The highest BCUT2D eigenvalue weighted by atomic mass is 35.5. The number of carbonyl (C=O) groups excluding carboxylic acids is 1. The van der Waals surface area contributed by atoms with E-state index in [9.17, 15) is 4.79 Å². The molecule has 4 nitrogen and oxygen atoms in total. The third kappa shape index (κ3) is 4.91. The Bertz CT molecular complexity index is 1030. The molecule has 3 aromatic rings. The van der Waals surface area contributed by atoms with Crippen LogP contribution in [0.25, 0.3) is 0 Å². The maximum atomic E-state index is 12.9. The topological polar surface area (TPSA) is 41.6 Å². The maximum absolute atomic E-state index is 12.9. The molecule has 1 atom stereocenters. The van der Waals surface area contributed by atoms with Gasteiger partial charge in [-0.15, -0.1) is 11.8 Å². The summed E-state index contributed by atoms with van der Waals surface area (Å²) in [5.41, 5.74) is 3.86. The van der Waals surface area contributed by atoms with Gasteiger partial charge < -0.3 is 15.0 Å². The highest BCUT2D eigenvalue weighted by Gasteiger charge is 2.31. The standard InChI is InChI=1S/C24H23ClN2O2S/c1-17-10-11-20(15-22(17)25)26-24(28)27-12-13-30-23(27)19-8-5-9-21(14-19)29-16-18-6-3-2-4-7-18/h2-11,14-15,23H,12-13,16H2,1H3,(H,26,28). The molecule has 154 valence electrons. The van der Waals surface area contributed by atoms with Gasteiger partial charge in [0.25, 0.3) is 0 Å². The van der Waals surface area contributed by atoms with E-state index in [-0.39, 0.29) is 11.4 Å². The predicted octanol–water partition coefficient (Wildman–Crippen LogP) is 6.51. The zero-order chi connectivity index (χ0) is 20.9. The normalized spacial score (nSPS) is 15.8. The van der Waals surface area contributed by atoms with E-state index >= 15 is 0 Å². The first-order chi connectivity index (χ1) is 14.6. The van der Waals surface area contributed by atoms with Crippen LogP contribution in [0.3, 0.4) is 0 Å². The number of urea groups is 1. The lowest BCUT2D eigenvalue weighted by Crippen LogP contribution is -2.34. The molecule has 0 spiro atoms. The van der Waals surface area contributed by atoms with Crippen molar-refractivity contribution in [1.29, 1.82) is 0 Å². The third-order valence-corrected chi connectivity index (χ3v) is 6.63. The number of benzene rings is 3. The number of rotatable bonds is 5. The van der Waals surface area contributed by atoms with Crippen LogP contribution in [0.5, 0.6) is 5.75 Å². The Hall–Kier alpha value is -2.63. The van der Waals surface area contributed by atoms with E-state index in [1.807, 2.05) is 78.6 Å². The molecule has 1 fully saturated rings.